The molecule has 0 amide bonds. The first-order valence-corrected chi connectivity index (χ1v) is 16.3. The summed E-state index contributed by atoms with van der Waals surface area (Å²) in [6.07, 6.45) is 4.58. The summed E-state index contributed by atoms with van der Waals surface area (Å²) in [7, 11) is 0. The lowest BCUT2D eigenvalue weighted by Gasteiger charge is -2.01. The van der Waals surface area contributed by atoms with Crippen molar-refractivity contribution in [1.82, 2.24) is 0 Å². The molecule has 9 rings (SSSR count). The highest BCUT2D eigenvalue weighted by Crippen LogP contribution is 2.21. The second-order valence-electron chi connectivity index (χ2n) is 11.5. The molecule has 246 valence electrons. The summed E-state index contributed by atoms with van der Waals surface area (Å²) in [5.74, 6) is 0. The van der Waals surface area contributed by atoms with Crippen molar-refractivity contribution in [3.8, 4) is 33.4 Å². The smallest absolute Gasteiger partial charge is 0.200 e. The van der Waals surface area contributed by atoms with Crippen molar-refractivity contribution in [2.45, 2.75) is 0 Å². The van der Waals surface area contributed by atoms with E-state index in [1.54, 1.807) is 36.4 Å². The molecule has 0 atom stereocenters. The van der Waals surface area contributed by atoms with Crippen molar-refractivity contribution in [2.24, 2.45) is 0 Å². The molecule has 3 aromatic heterocycles. The monoisotopic (exact) mass is 666 g/mol. The second kappa shape index (κ2) is 15.0. The minimum absolute atomic E-state index is 0.0121. The van der Waals surface area contributed by atoms with Gasteiger partial charge >= 0.3 is 0 Å². The normalized spacial score (nSPS) is 10.6. The average molecular weight is 667 g/mol. The predicted molar refractivity (Wildman–Crippen MR) is 204 cm³/mol. The molecule has 6 aromatic carbocycles. The van der Waals surface area contributed by atoms with E-state index < -0.39 is 0 Å². The maximum atomic E-state index is 12.3. The van der Waals surface area contributed by atoms with E-state index in [0.29, 0.717) is 49.6 Å². The van der Waals surface area contributed by atoms with Crippen LogP contribution in [0.4, 0.5) is 0 Å². The predicted octanol–water partition coefficient (Wildman–Crippen LogP) is 10.4. The number of para-hydroxylation sites is 3. The molecular weight excluding hydrogens is 636 g/mol. The highest BCUT2D eigenvalue weighted by molar-refractivity contribution is 5.83. The average Bonchev–Trinajstić information content (AvgIpc) is 3.20. The standard InChI is InChI=1S/3C15H10O2/c3*16-15-12-8-4-5-9-14(12)17-10-13(15)11-6-2-1-3-7-11/h3*1-10H. The summed E-state index contributed by atoms with van der Waals surface area (Å²) in [5, 5.41) is 1.86. The van der Waals surface area contributed by atoms with E-state index in [4.69, 9.17) is 13.3 Å². The van der Waals surface area contributed by atoms with Crippen molar-refractivity contribution in [3.63, 3.8) is 0 Å². The minimum Gasteiger partial charge on any atom is -0.463 e. The fourth-order valence-corrected chi connectivity index (χ4v) is 5.68. The first-order chi connectivity index (χ1) is 25.1. The van der Waals surface area contributed by atoms with E-state index in [2.05, 4.69) is 0 Å². The van der Waals surface area contributed by atoms with Crippen LogP contribution in [0.3, 0.4) is 0 Å². The van der Waals surface area contributed by atoms with Crippen molar-refractivity contribution in [2.75, 3.05) is 0 Å². The van der Waals surface area contributed by atoms with Crippen LogP contribution in [0.15, 0.2) is 210 Å². The van der Waals surface area contributed by atoms with Gasteiger partial charge in [0.25, 0.3) is 0 Å². The van der Waals surface area contributed by atoms with Crippen LogP contribution in [0, 0.1) is 0 Å². The Morgan fingerprint density at radius 1 is 0.275 bits per heavy atom. The SMILES string of the molecule is O=c1c(-c2ccccc2)coc2ccccc12.O=c1c(-c2ccccc2)coc2ccccc12.O=c1c(-c2ccccc2)coc2ccccc12. The molecular formula is C45H30O6. The Labute approximate surface area is 292 Å². The third-order valence-electron chi connectivity index (χ3n) is 8.29. The van der Waals surface area contributed by atoms with E-state index in [0.717, 1.165) is 16.7 Å². The summed E-state index contributed by atoms with van der Waals surface area (Å²) in [6, 6.07) is 50.5. The van der Waals surface area contributed by atoms with Crippen molar-refractivity contribution >= 4 is 32.9 Å². The Morgan fingerprint density at radius 2 is 0.510 bits per heavy atom. The van der Waals surface area contributed by atoms with Gasteiger partial charge in [-0.1, -0.05) is 127 Å². The van der Waals surface area contributed by atoms with E-state index in [-0.39, 0.29) is 16.3 Å². The summed E-state index contributed by atoms with van der Waals surface area (Å²) in [5.41, 5.74) is 6.35. The highest BCUT2D eigenvalue weighted by atomic mass is 16.3. The van der Waals surface area contributed by atoms with Gasteiger partial charge < -0.3 is 13.3 Å². The zero-order valence-corrected chi connectivity index (χ0v) is 27.3. The molecule has 51 heavy (non-hydrogen) atoms. The first-order valence-electron chi connectivity index (χ1n) is 16.3. The van der Waals surface area contributed by atoms with Crippen LogP contribution >= 0.6 is 0 Å². The van der Waals surface area contributed by atoms with E-state index in [1.807, 2.05) is 127 Å². The lowest BCUT2D eigenvalue weighted by Crippen LogP contribution is -2.04. The largest absolute Gasteiger partial charge is 0.463 e. The van der Waals surface area contributed by atoms with Gasteiger partial charge in [0.1, 0.15) is 35.5 Å². The second-order valence-corrected chi connectivity index (χ2v) is 11.5. The Hall–Kier alpha value is -7.05. The van der Waals surface area contributed by atoms with Crippen molar-refractivity contribution in [3.05, 3.63) is 213 Å². The molecule has 6 heteroatoms. The highest BCUT2D eigenvalue weighted by Gasteiger charge is 2.10. The molecule has 0 aliphatic rings. The van der Waals surface area contributed by atoms with Gasteiger partial charge in [-0.2, -0.15) is 0 Å². The number of hydrogen-bond donors (Lipinski definition) is 0. The minimum atomic E-state index is 0.0121. The lowest BCUT2D eigenvalue weighted by molar-refractivity contribution is 0.604. The van der Waals surface area contributed by atoms with Crippen LogP contribution in [0.5, 0.6) is 0 Å². The quantitative estimate of drug-likeness (QED) is 0.186. The number of benzene rings is 6. The van der Waals surface area contributed by atoms with Gasteiger partial charge in [-0.3, -0.25) is 14.4 Å². The summed E-state index contributed by atoms with van der Waals surface area (Å²) < 4.78 is 16.4. The topological polar surface area (TPSA) is 90.6 Å². The molecule has 0 unspecified atom stereocenters. The Morgan fingerprint density at radius 3 is 0.784 bits per heavy atom. The molecule has 0 fully saturated rings. The molecule has 0 saturated carbocycles. The van der Waals surface area contributed by atoms with Gasteiger partial charge in [0, 0.05) is 0 Å². The van der Waals surface area contributed by atoms with Gasteiger partial charge in [0.2, 0.25) is 0 Å². The van der Waals surface area contributed by atoms with Crippen LogP contribution in [0.25, 0.3) is 66.3 Å². The molecule has 9 aromatic rings. The number of rotatable bonds is 3. The zero-order valence-electron chi connectivity index (χ0n) is 27.3. The fraction of sp³-hybridized carbons (Fsp3) is 0. The van der Waals surface area contributed by atoms with Gasteiger partial charge in [-0.05, 0) is 53.1 Å². The molecule has 3 heterocycles. The van der Waals surface area contributed by atoms with E-state index >= 15 is 0 Å². The molecule has 0 bridgehead atoms. The van der Waals surface area contributed by atoms with Crippen LogP contribution in [0.2, 0.25) is 0 Å². The van der Waals surface area contributed by atoms with Crippen molar-refractivity contribution in [1.29, 1.82) is 0 Å². The molecule has 0 aliphatic carbocycles. The van der Waals surface area contributed by atoms with Gasteiger partial charge in [-0.15, -0.1) is 0 Å². The Kier molecular flexibility index (Phi) is 9.57. The zero-order chi connectivity index (χ0) is 35.0. The molecule has 0 spiro atoms. The molecule has 0 radical (unpaired) electrons. The molecule has 6 nitrogen and oxygen atoms in total. The van der Waals surface area contributed by atoms with Gasteiger partial charge in [0.15, 0.2) is 16.3 Å². The van der Waals surface area contributed by atoms with Crippen LogP contribution < -0.4 is 16.3 Å². The number of fused-ring (bicyclic) bond motifs is 3. The van der Waals surface area contributed by atoms with Crippen LogP contribution in [-0.4, -0.2) is 0 Å². The van der Waals surface area contributed by atoms with Crippen molar-refractivity contribution < 1.29 is 13.3 Å². The Bertz CT molecular complexity index is 2440. The molecule has 0 saturated heterocycles. The van der Waals surface area contributed by atoms with Crippen LogP contribution in [-0.2, 0) is 0 Å². The summed E-state index contributed by atoms with van der Waals surface area (Å²) in [6.45, 7) is 0. The first kappa shape index (κ1) is 32.5. The summed E-state index contributed by atoms with van der Waals surface area (Å²) in [4.78, 5) is 36.8. The fourth-order valence-electron chi connectivity index (χ4n) is 5.68. The third-order valence-corrected chi connectivity index (χ3v) is 8.29. The lowest BCUT2D eigenvalue weighted by atomic mass is 10.1. The Balaban J connectivity index is 0.000000119. The maximum absolute atomic E-state index is 12.3. The van der Waals surface area contributed by atoms with Crippen LogP contribution in [0.1, 0.15) is 0 Å². The number of hydrogen-bond acceptors (Lipinski definition) is 6. The van der Waals surface area contributed by atoms with Gasteiger partial charge in [-0.25, -0.2) is 0 Å². The molecule has 0 aliphatic heterocycles. The molecule has 0 N–H and O–H groups in total. The van der Waals surface area contributed by atoms with E-state index in [9.17, 15) is 14.4 Å². The summed E-state index contributed by atoms with van der Waals surface area (Å²) >= 11 is 0. The van der Waals surface area contributed by atoms with Gasteiger partial charge in [0.05, 0.1) is 32.8 Å². The van der Waals surface area contributed by atoms with E-state index in [1.165, 1.54) is 18.8 Å². The maximum Gasteiger partial charge on any atom is 0.200 e. The third kappa shape index (κ3) is 7.07.